The summed E-state index contributed by atoms with van der Waals surface area (Å²) in [6, 6.07) is 3.12. The van der Waals surface area contributed by atoms with Crippen molar-refractivity contribution in [2.75, 3.05) is 6.61 Å². The molecule has 0 heterocycles. The minimum absolute atomic E-state index is 0.198. The maximum absolute atomic E-state index is 10.7. The van der Waals surface area contributed by atoms with E-state index in [0.29, 0.717) is 0 Å². The van der Waals surface area contributed by atoms with Gasteiger partial charge in [0.2, 0.25) is 0 Å². The van der Waals surface area contributed by atoms with E-state index in [2.05, 4.69) is 4.74 Å². The number of nitriles is 2. The quantitative estimate of drug-likeness (QED) is 0.327. The number of ether oxygens (including phenoxy) is 1. The maximum atomic E-state index is 10.7. The molecule has 0 bridgehead atoms. The summed E-state index contributed by atoms with van der Waals surface area (Å²) >= 11 is 0. The maximum Gasteiger partial charge on any atom is 0.349 e. The van der Waals surface area contributed by atoms with E-state index in [1.807, 2.05) is 0 Å². The molecule has 0 aliphatic rings. The molecule has 56 valence electrons. The number of rotatable bonds is 2. The molecule has 0 aliphatic heterocycles. The topological polar surface area (TPSA) is 73.9 Å². The zero-order valence-electron chi connectivity index (χ0n) is 6.00. The first-order chi connectivity index (χ1) is 5.26. The third-order valence-electron chi connectivity index (χ3n) is 0.825. The molecule has 0 aromatic heterocycles. The van der Waals surface area contributed by atoms with Crippen LogP contribution in [0.4, 0.5) is 0 Å². The fourth-order valence-corrected chi connectivity index (χ4v) is 0.410. The number of allylic oxidation sites excluding steroid dienone is 1. The SMILES string of the molecule is CCOC(=O)C(C#N)=CC#N. The summed E-state index contributed by atoms with van der Waals surface area (Å²) in [7, 11) is 0. The van der Waals surface area contributed by atoms with Crippen LogP contribution in [0.25, 0.3) is 0 Å². The van der Waals surface area contributed by atoms with Gasteiger partial charge >= 0.3 is 5.97 Å². The van der Waals surface area contributed by atoms with Crippen LogP contribution in [0.15, 0.2) is 11.6 Å². The Kier molecular flexibility index (Phi) is 4.19. The molecule has 0 N–H and O–H groups in total. The Balaban J connectivity index is 4.33. The van der Waals surface area contributed by atoms with Gasteiger partial charge in [0.1, 0.15) is 11.6 Å². The van der Waals surface area contributed by atoms with E-state index in [4.69, 9.17) is 10.5 Å². The van der Waals surface area contributed by atoms with Crippen molar-refractivity contribution in [1.82, 2.24) is 0 Å². The van der Waals surface area contributed by atoms with Crippen molar-refractivity contribution >= 4 is 5.97 Å². The molecular weight excluding hydrogens is 144 g/mol. The largest absolute Gasteiger partial charge is 0.462 e. The lowest BCUT2D eigenvalue weighted by atomic mass is 10.3. The van der Waals surface area contributed by atoms with Gasteiger partial charge in [0, 0.05) is 6.08 Å². The second-order valence-corrected chi connectivity index (χ2v) is 1.52. The summed E-state index contributed by atoms with van der Waals surface area (Å²) in [6.45, 7) is 1.82. The van der Waals surface area contributed by atoms with Crippen molar-refractivity contribution < 1.29 is 9.53 Å². The lowest BCUT2D eigenvalue weighted by molar-refractivity contribution is -0.138. The van der Waals surface area contributed by atoms with Gasteiger partial charge in [-0.25, -0.2) is 4.79 Å². The Morgan fingerprint density at radius 3 is 2.64 bits per heavy atom. The van der Waals surface area contributed by atoms with Crippen molar-refractivity contribution in [2.24, 2.45) is 0 Å². The van der Waals surface area contributed by atoms with E-state index in [9.17, 15) is 4.79 Å². The van der Waals surface area contributed by atoms with Crippen LogP contribution in [-0.4, -0.2) is 12.6 Å². The number of carbonyl (C=O) groups excluding carboxylic acids is 1. The first kappa shape index (κ1) is 9.19. The summed E-state index contributed by atoms with van der Waals surface area (Å²) in [4.78, 5) is 10.7. The Morgan fingerprint density at radius 2 is 2.27 bits per heavy atom. The third-order valence-corrected chi connectivity index (χ3v) is 0.825. The summed E-state index contributed by atoms with van der Waals surface area (Å²) < 4.78 is 4.47. The molecule has 0 radical (unpaired) electrons. The number of hydrogen-bond acceptors (Lipinski definition) is 4. The molecular formula is C7H6N2O2. The van der Waals surface area contributed by atoms with E-state index in [1.54, 1.807) is 19.1 Å². The van der Waals surface area contributed by atoms with Gasteiger partial charge in [-0.3, -0.25) is 0 Å². The zero-order chi connectivity index (χ0) is 8.69. The molecule has 0 saturated heterocycles. The normalized spacial score (nSPS) is 9.55. The fraction of sp³-hybridized carbons (Fsp3) is 0.286. The predicted molar refractivity (Wildman–Crippen MR) is 35.9 cm³/mol. The molecule has 0 aromatic rings. The van der Waals surface area contributed by atoms with E-state index in [-0.39, 0.29) is 12.2 Å². The van der Waals surface area contributed by atoms with Crippen LogP contribution < -0.4 is 0 Å². The molecule has 0 aliphatic carbocycles. The van der Waals surface area contributed by atoms with Crippen LogP contribution in [0.2, 0.25) is 0 Å². The highest BCUT2D eigenvalue weighted by molar-refractivity contribution is 5.93. The first-order valence-electron chi connectivity index (χ1n) is 2.93. The molecule has 0 atom stereocenters. The van der Waals surface area contributed by atoms with Crippen LogP contribution in [0.1, 0.15) is 6.92 Å². The van der Waals surface area contributed by atoms with Crippen molar-refractivity contribution in [2.45, 2.75) is 6.92 Å². The average Bonchev–Trinajstić information content (AvgIpc) is 2.00. The smallest absolute Gasteiger partial charge is 0.349 e. The fourth-order valence-electron chi connectivity index (χ4n) is 0.410. The van der Waals surface area contributed by atoms with Gasteiger partial charge < -0.3 is 4.74 Å². The van der Waals surface area contributed by atoms with Gasteiger partial charge in [-0.2, -0.15) is 10.5 Å². The standard InChI is InChI=1S/C7H6N2O2/c1-2-11-7(10)6(5-9)3-4-8/h3H,2H2,1H3. The molecule has 0 rings (SSSR count). The van der Waals surface area contributed by atoms with Gasteiger partial charge in [0.25, 0.3) is 0 Å². The summed E-state index contributed by atoms with van der Waals surface area (Å²) in [5.41, 5.74) is -0.269. The molecule has 0 spiro atoms. The van der Waals surface area contributed by atoms with Crippen LogP contribution in [0.5, 0.6) is 0 Å². The first-order valence-corrected chi connectivity index (χ1v) is 2.93. The molecule has 11 heavy (non-hydrogen) atoms. The van der Waals surface area contributed by atoms with Crippen LogP contribution in [-0.2, 0) is 9.53 Å². The zero-order valence-corrected chi connectivity index (χ0v) is 6.00. The van der Waals surface area contributed by atoms with Gasteiger partial charge in [0.15, 0.2) is 0 Å². The number of carbonyl (C=O) groups is 1. The van der Waals surface area contributed by atoms with Crippen molar-refractivity contribution in [3.05, 3.63) is 11.6 Å². The van der Waals surface area contributed by atoms with E-state index in [1.165, 1.54) is 0 Å². The highest BCUT2D eigenvalue weighted by Gasteiger charge is 2.07. The molecule has 0 amide bonds. The van der Waals surface area contributed by atoms with Gasteiger partial charge in [-0.1, -0.05) is 0 Å². The second-order valence-electron chi connectivity index (χ2n) is 1.52. The predicted octanol–water partition coefficient (Wildman–Crippen LogP) is 0.523. The lowest BCUT2D eigenvalue weighted by Crippen LogP contribution is -2.05. The Labute approximate surface area is 64.3 Å². The van der Waals surface area contributed by atoms with Gasteiger partial charge in [-0.05, 0) is 6.92 Å². The van der Waals surface area contributed by atoms with Crippen LogP contribution >= 0.6 is 0 Å². The summed E-state index contributed by atoms with van der Waals surface area (Å²) in [6.07, 6.45) is 0.859. The third kappa shape index (κ3) is 3.02. The molecule has 4 nitrogen and oxygen atoms in total. The highest BCUT2D eigenvalue weighted by Crippen LogP contribution is 1.94. The minimum Gasteiger partial charge on any atom is -0.462 e. The van der Waals surface area contributed by atoms with Gasteiger partial charge in [-0.15, -0.1) is 0 Å². The molecule has 0 fully saturated rings. The Hall–Kier alpha value is -1.81. The van der Waals surface area contributed by atoms with E-state index >= 15 is 0 Å². The molecule has 0 aromatic carbocycles. The van der Waals surface area contributed by atoms with Gasteiger partial charge in [0.05, 0.1) is 12.7 Å². The summed E-state index contributed by atoms with van der Waals surface area (Å²) in [5, 5.41) is 16.4. The Bertz CT molecular complexity index is 255. The van der Waals surface area contributed by atoms with E-state index in [0.717, 1.165) is 6.08 Å². The summed E-state index contributed by atoms with van der Waals surface area (Å²) in [5.74, 6) is -0.753. The second kappa shape index (κ2) is 5.01. The number of esters is 1. The van der Waals surface area contributed by atoms with Crippen LogP contribution in [0.3, 0.4) is 0 Å². The van der Waals surface area contributed by atoms with Crippen molar-refractivity contribution in [3.8, 4) is 12.1 Å². The minimum atomic E-state index is -0.753. The lowest BCUT2D eigenvalue weighted by Gasteiger charge is -1.95. The molecule has 0 saturated carbocycles. The molecule has 0 unspecified atom stereocenters. The highest BCUT2D eigenvalue weighted by atomic mass is 16.5. The monoisotopic (exact) mass is 150 g/mol. The van der Waals surface area contributed by atoms with Crippen LogP contribution in [0, 0.1) is 22.7 Å². The van der Waals surface area contributed by atoms with Crippen molar-refractivity contribution in [3.63, 3.8) is 0 Å². The average molecular weight is 150 g/mol. The number of hydrogen-bond donors (Lipinski definition) is 0. The number of nitrogens with zero attached hydrogens (tertiary/aromatic N) is 2. The Morgan fingerprint density at radius 1 is 1.64 bits per heavy atom. The molecule has 4 heteroatoms. The van der Waals surface area contributed by atoms with E-state index < -0.39 is 5.97 Å². The van der Waals surface area contributed by atoms with Crippen molar-refractivity contribution in [1.29, 1.82) is 10.5 Å².